The van der Waals surface area contributed by atoms with Crippen molar-refractivity contribution in [3.8, 4) is 11.8 Å². The fourth-order valence-electron chi connectivity index (χ4n) is 2.87. The van der Waals surface area contributed by atoms with Gasteiger partial charge in [-0.1, -0.05) is 17.9 Å². The molecule has 3 aromatic rings. The van der Waals surface area contributed by atoms with E-state index in [4.69, 9.17) is 0 Å². The highest BCUT2D eigenvalue weighted by Gasteiger charge is 2.29. The quantitative estimate of drug-likeness (QED) is 0.506. The maximum Gasteiger partial charge on any atom is 0.416 e. The topological polar surface area (TPSA) is 50.2 Å². The number of amides is 1. The first-order valence-electron chi connectivity index (χ1n) is 9.40. The number of carbonyl (C=O) groups is 1. The van der Waals surface area contributed by atoms with Crippen LogP contribution in [0.5, 0.6) is 0 Å². The Balaban J connectivity index is 1.84. The zero-order chi connectivity index (χ0) is 22.6. The van der Waals surface area contributed by atoms with Crippen LogP contribution >= 0.6 is 0 Å². The number of rotatable bonds is 4. The van der Waals surface area contributed by atoms with Gasteiger partial charge in [0.1, 0.15) is 5.65 Å². The van der Waals surface area contributed by atoms with Crippen LogP contribution in [0.4, 0.5) is 18.9 Å². The van der Waals surface area contributed by atoms with Crippen LogP contribution in [0, 0.1) is 11.8 Å². The lowest BCUT2D eigenvalue weighted by atomic mass is 10.1. The monoisotopic (exact) mass is 426 g/mol. The second-order valence-corrected chi connectivity index (χ2v) is 7.23. The standard InChI is InChI=1S/C23H21F3N4O/c1-29(2)12-4-5-21(31)28-19-13-20-17(15-30(3)22(20)27-14-19)9-6-16-7-10-18(11-8-16)23(24,25)26/h4-5,7-8,10-11,13-15H,12H2,1-3H3,(H,28,31)/b5-4+. The Kier molecular flexibility index (Phi) is 6.47. The average molecular weight is 426 g/mol. The lowest BCUT2D eigenvalue weighted by Crippen LogP contribution is -2.13. The van der Waals surface area contributed by atoms with E-state index < -0.39 is 11.7 Å². The van der Waals surface area contributed by atoms with Crippen LogP contribution in [0.2, 0.25) is 0 Å². The minimum atomic E-state index is -4.38. The van der Waals surface area contributed by atoms with E-state index in [1.807, 2.05) is 26.0 Å². The van der Waals surface area contributed by atoms with Crippen LogP contribution in [-0.2, 0) is 18.0 Å². The number of carbonyl (C=O) groups excluding carboxylic acids is 1. The Bertz CT molecular complexity index is 1180. The number of pyridine rings is 1. The molecule has 1 aromatic carbocycles. The number of hydrogen-bond donors (Lipinski definition) is 1. The number of aryl methyl sites for hydroxylation is 1. The number of nitrogens with zero attached hydrogens (tertiary/aromatic N) is 3. The summed E-state index contributed by atoms with van der Waals surface area (Å²) in [5.41, 5.74) is 1.61. The first kappa shape index (κ1) is 22.1. The molecule has 1 N–H and O–H groups in total. The van der Waals surface area contributed by atoms with Gasteiger partial charge in [-0.3, -0.25) is 4.79 Å². The molecule has 0 aliphatic carbocycles. The molecule has 2 aromatic heterocycles. The van der Waals surface area contributed by atoms with Crippen molar-refractivity contribution >= 4 is 22.6 Å². The molecular weight excluding hydrogens is 405 g/mol. The molecule has 0 aliphatic rings. The highest BCUT2D eigenvalue weighted by molar-refractivity contribution is 6.00. The Hall–Kier alpha value is -3.57. The number of anilines is 1. The van der Waals surface area contributed by atoms with E-state index in [2.05, 4.69) is 22.1 Å². The predicted octanol–water partition coefficient (Wildman–Crippen LogP) is 4.05. The fraction of sp³-hybridized carbons (Fsp3) is 0.217. The number of likely N-dealkylation sites (N-methyl/N-ethyl adjacent to an activating group) is 1. The molecule has 8 heteroatoms. The molecule has 160 valence electrons. The first-order valence-corrected chi connectivity index (χ1v) is 9.40. The number of benzene rings is 1. The lowest BCUT2D eigenvalue weighted by Gasteiger charge is -2.05. The Morgan fingerprint density at radius 3 is 2.58 bits per heavy atom. The third-order valence-electron chi connectivity index (χ3n) is 4.37. The molecule has 3 rings (SSSR count). The molecule has 0 bridgehead atoms. The minimum absolute atomic E-state index is 0.267. The van der Waals surface area contributed by atoms with Gasteiger partial charge in [-0.05, 0) is 44.4 Å². The van der Waals surface area contributed by atoms with Gasteiger partial charge < -0.3 is 14.8 Å². The zero-order valence-electron chi connectivity index (χ0n) is 17.3. The smallest absolute Gasteiger partial charge is 0.334 e. The molecule has 0 aliphatic heterocycles. The van der Waals surface area contributed by atoms with Crippen LogP contribution in [0.1, 0.15) is 16.7 Å². The van der Waals surface area contributed by atoms with Crippen LogP contribution < -0.4 is 5.32 Å². The van der Waals surface area contributed by atoms with Gasteiger partial charge in [0, 0.05) is 36.8 Å². The molecule has 0 spiro atoms. The summed E-state index contributed by atoms with van der Waals surface area (Å²) in [6.07, 6.45) is 2.19. The predicted molar refractivity (Wildman–Crippen MR) is 114 cm³/mol. The van der Waals surface area contributed by atoms with Crippen molar-refractivity contribution in [1.29, 1.82) is 0 Å². The molecule has 0 fully saturated rings. The van der Waals surface area contributed by atoms with Gasteiger partial charge in [-0.2, -0.15) is 13.2 Å². The normalized spacial score (nSPS) is 11.7. The summed E-state index contributed by atoms with van der Waals surface area (Å²) in [5.74, 6) is 5.60. The van der Waals surface area contributed by atoms with Gasteiger partial charge in [-0.25, -0.2) is 4.98 Å². The maximum absolute atomic E-state index is 12.7. The van der Waals surface area contributed by atoms with Gasteiger partial charge in [0.2, 0.25) is 5.91 Å². The molecule has 5 nitrogen and oxygen atoms in total. The van der Waals surface area contributed by atoms with Gasteiger partial charge >= 0.3 is 6.18 Å². The van der Waals surface area contributed by atoms with E-state index in [0.29, 0.717) is 29.0 Å². The van der Waals surface area contributed by atoms with Gasteiger partial charge in [-0.15, -0.1) is 0 Å². The molecular formula is C23H21F3N4O. The molecule has 2 heterocycles. The maximum atomic E-state index is 12.7. The number of hydrogen-bond acceptors (Lipinski definition) is 3. The second kappa shape index (κ2) is 9.06. The van der Waals surface area contributed by atoms with Crippen LogP contribution in [0.15, 0.2) is 54.9 Å². The summed E-state index contributed by atoms with van der Waals surface area (Å²) in [4.78, 5) is 18.4. The number of alkyl halides is 3. The second-order valence-electron chi connectivity index (χ2n) is 7.23. The van der Waals surface area contributed by atoms with E-state index in [1.165, 1.54) is 18.2 Å². The fourth-order valence-corrected chi connectivity index (χ4v) is 2.87. The van der Waals surface area contributed by atoms with Crippen molar-refractivity contribution in [2.24, 2.45) is 7.05 Å². The summed E-state index contributed by atoms with van der Waals surface area (Å²) < 4.78 is 39.9. The van der Waals surface area contributed by atoms with Crippen molar-refractivity contribution in [3.05, 3.63) is 71.6 Å². The Labute approximate surface area is 178 Å². The Morgan fingerprint density at radius 1 is 1.23 bits per heavy atom. The van der Waals surface area contributed by atoms with Crippen LogP contribution in [-0.4, -0.2) is 41.0 Å². The van der Waals surface area contributed by atoms with Crippen molar-refractivity contribution in [1.82, 2.24) is 14.5 Å². The summed E-state index contributed by atoms with van der Waals surface area (Å²) in [5, 5.41) is 3.50. The molecule has 1 amide bonds. The van der Waals surface area contributed by atoms with Gasteiger partial charge in [0.15, 0.2) is 0 Å². The van der Waals surface area contributed by atoms with Crippen molar-refractivity contribution in [3.63, 3.8) is 0 Å². The van der Waals surface area contributed by atoms with E-state index in [9.17, 15) is 18.0 Å². The number of fused-ring (bicyclic) bond motifs is 1. The summed E-state index contributed by atoms with van der Waals surface area (Å²) in [7, 11) is 5.63. The summed E-state index contributed by atoms with van der Waals surface area (Å²) >= 11 is 0. The van der Waals surface area contributed by atoms with Crippen molar-refractivity contribution in [2.75, 3.05) is 26.0 Å². The lowest BCUT2D eigenvalue weighted by molar-refractivity contribution is -0.137. The van der Waals surface area contributed by atoms with Crippen LogP contribution in [0.25, 0.3) is 11.0 Å². The highest BCUT2D eigenvalue weighted by atomic mass is 19.4. The third-order valence-corrected chi connectivity index (χ3v) is 4.37. The van der Waals surface area contributed by atoms with E-state index in [0.717, 1.165) is 17.5 Å². The molecule has 0 saturated carbocycles. The highest BCUT2D eigenvalue weighted by Crippen LogP contribution is 2.29. The number of aromatic nitrogens is 2. The minimum Gasteiger partial charge on any atom is -0.334 e. The molecule has 0 saturated heterocycles. The Morgan fingerprint density at radius 2 is 1.94 bits per heavy atom. The summed E-state index contributed by atoms with van der Waals surface area (Å²) in [6.45, 7) is 0.646. The average Bonchev–Trinajstić information content (AvgIpc) is 3.01. The van der Waals surface area contributed by atoms with E-state index >= 15 is 0 Å². The van der Waals surface area contributed by atoms with E-state index in [-0.39, 0.29) is 5.91 Å². The summed E-state index contributed by atoms with van der Waals surface area (Å²) in [6, 6.07) is 6.46. The molecule has 31 heavy (non-hydrogen) atoms. The number of halogens is 3. The third kappa shape index (κ3) is 5.74. The SMILES string of the molecule is CN(C)C/C=C/C(=O)Nc1cnc2c(c1)c(C#Cc1ccc(C(F)(F)F)cc1)cn2C. The van der Waals surface area contributed by atoms with Gasteiger partial charge in [0.05, 0.1) is 23.0 Å². The van der Waals surface area contributed by atoms with Crippen LogP contribution in [0.3, 0.4) is 0 Å². The number of nitrogens with one attached hydrogen (secondary N) is 1. The van der Waals surface area contributed by atoms with E-state index in [1.54, 1.807) is 29.1 Å². The first-order chi connectivity index (χ1) is 14.6. The van der Waals surface area contributed by atoms with Gasteiger partial charge in [0.25, 0.3) is 0 Å². The van der Waals surface area contributed by atoms with Crippen molar-refractivity contribution < 1.29 is 18.0 Å². The van der Waals surface area contributed by atoms with Crippen molar-refractivity contribution in [2.45, 2.75) is 6.18 Å². The molecule has 0 unspecified atom stereocenters. The molecule has 0 atom stereocenters. The molecule has 0 radical (unpaired) electrons. The largest absolute Gasteiger partial charge is 0.416 e. The zero-order valence-corrected chi connectivity index (χ0v) is 17.3.